The fraction of sp³-hybridized carbons (Fsp3) is 0.133. The second kappa shape index (κ2) is 3.88. The van der Waals surface area contributed by atoms with Gasteiger partial charge in [0, 0.05) is 10.9 Å². The molecule has 0 unspecified atom stereocenters. The predicted molar refractivity (Wildman–Crippen MR) is 72.9 cm³/mol. The van der Waals surface area contributed by atoms with E-state index in [4.69, 9.17) is 0 Å². The summed E-state index contributed by atoms with van der Waals surface area (Å²) in [6.07, 6.45) is 0.870. The highest BCUT2D eigenvalue weighted by Gasteiger charge is 2.13. The van der Waals surface area contributed by atoms with Crippen LogP contribution in [0.2, 0.25) is 0 Å². The van der Waals surface area contributed by atoms with Crippen molar-refractivity contribution in [1.82, 2.24) is 9.97 Å². The molecule has 90 valence electrons. The molecule has 0 amide bonds. The fourth-order valence-corrected chi connectivity index (χ4v) is 2.31. The van der Waals surface area contributed by atoms with E-state index in [1.807, 2.05) is 32.0 Å². The number of fused-ring (bicyclic) bond motifs is 1. The van der Waals surface area contributed by atoms with Crippen molar-refractivity contribution in [2.45, 2.75) is 13.8 Å². The molecule has 2 N–H and O–H groups in total. The molecule has 2 aromatic heterocycles. The maximum atomic E-state index is 11.0. The van der Waals surface area contributed by atoms with Crippen molar-refractivity contribution in [3.8, 4) is 11.4 Å². The molecule has 18 heavy (non-hydrogen) atoms. The summed E-state index contributed by atoms with van der Waals surface area (Å²) >= 11 is 0. The Morgan fingerprint density at radius 3 is 2.50 bits per heavy atom. The minimum absolute atomic E-state index is 0.654. The maximum Gasteiger partial charge on any atom is 0.166 e. The largest absolute Gasteiger partial charge is 0.353 e. The molecule has 1 aromatic carbocycles. The normalized spacial score (nSPS) is 11.0. The van der Waals surface area contributed by atoms with Gasteiger partial charge in [0.25, 0.3) is 0 Å². The first-order chi connectivity index (χ1) is 8.70. The first kappa shape index (κ1) is 10.8. The van der Waals surface area contributed by atoms with Crippen molar-refractivity contribution in [3.05, 3.63) is 47.2 Å². The van der Waals surface area contributed by atoms with Crippen molar-refractivity contribution in [1.29, 1.82) is 0 Å². The molecule has 3 nitrogen and oxygen atoms in total. The van der Waals surface area contributed by atoms with Gasteiger partial charge in [-0.1, -0.05) is 18.2 Å². The summed E-state index contributed by atoms with van der Waals surface area (Å²) in [6, 6.07) is 10.2. The van der Waals surface area contributed by atoms with Gasteiger partial charge >= 0.3 is 0 Å². The second-order valence-corrected chi connectivity index (χ2v) is 4.55. The molecule has 0 saturated heterocycles. The van der Waals surface area contributed by atoms with Crippen LogP contribution >= 0.6 is 0 Å². The number of benzene rings is 1. The van der Waals surface area contributed by atoms with Crippen molar-refractivity contribution in [3.63, 3.8) is 0 Å². The van der Waals surface area contributed by atoms with E-state index in [0.717, 1.165) is 34.3 Å². The third-order valence-corrected chi connectivity index (χ3v) is 3.52. The minimum Gasteiger partial charge on any atom is -0.353 e. The highest BCUT2D eigenvalue weighted by atomic mass is 16.1. The van der Waals surface area contributed by atoms with Gasteiger partial charge in [0.2, 0.25) is 0 Å². The standard InChI is InChI=1S/C15H14N2O/c1-9-10(2)15(17-14(9)8-18)13-7-11-5-3-4-6-12(11)16-13/h3-8,16-17H,1-2H3. The number of carbonyl (C=O) groups excluding carboxylic acids is 1. The number of hydrogen-bond donors (Lipinski definition) is 2. The Kier molecular flexibility index (Phi) is 2.33. The Balaban J connectivity index is 2.22. The number of aromatic amines is 2. The second-order valence-electron chi connectivity index (χ2n) is 4.55. The number of aromatic nitrogens is 2. The van der Waals surface area contributed by atoms with E-state index in [0.29, 0.717) is 5.69 Å². The zero-order valence-electron chi connectivity index (χ0n) is 10.4. The highest BCUT2D eigenvalue weighted by Crippen LogP contribution is 2.28. The molecule has 0 aliphatic rings. The molecule has 0 saturated carbocycles. The maximum absolute atomic E-state index is 11.0. The van der Waals surface area contributed by atoms with Gasteiger partial charge < -0.3 is 9.97 Å². The molecule has 0 fully saturated rings. The van der Waals surface area contributed by atoms with Crippen LogP contribution < -0.4 is 0 Å². The van der Waals surface area contributed by atoms with E-state index in [-0.39, 0.29) is 0 Å². The van der Waals surface area contributed by atoms with Gasteiger partial charge in [0.1, 0.15) is 0 Å². The zero-order chi connectivity index (χ0) is 12.7. The number of rotatable bonds is 2. The van der Waals surface area contributed by atoms with Crippen LogP contribution in [0.25, 0.3) is 22.3 Å². The van der Waals surface area contributed by atoms with Crippen LogP contribution in [0.5, 0.6) is 0 Å². The van der Waals surface area contributed by atoms with Crippen molar-refractivity contribution < 1.29 is 4.79 Å². The van der Waals surface area contributed by atoms with E-state index in [2.05, 4.69) is 22.1 Å². The smallest absolute Gasteiger partial charge is 0.166 e. The molecule has 0 aliphatic carbocycles. The molecule has 0 aliphatic heterocycles. The lowest BCUT2D eigenvalue weighted by Gasteiger charge is -1.96. The first-order valence-corrected chi connectivity index (χ1v) is 5.93. The number of aldehydes is 1. The lowest BCUT2D eigenvalue weighted by molar-refractivity contribution is 0.111. The summed E-state index contributed by atoms with van der Waals surface area (Å²) in [7, 11) is 0. The molecule has 3 heteroatoms. The quantitative estimate of drug-likeness (QED) is 0.658. The Bertz CT molecular complexity index is 701. The molecule has 2 heterocycles. The molecule has 0 radical (unpaired) electrons. The van der Waals surface area contributed by atoms with Crippen LogP contribution in [0.4, 0.5) is 0 Å². The molecule has 0 bridgehead atoms. The molecule has 0 atom stereocenters. The van der Waals surface area contributed by atoms with Crippen molar-refractivity contribution >= 4 is 17.2 Å². The molecular formula is C15H14N2O. The Morgan fingerprint density at radius 1 is 1.06 bits per heavy atom. The van der Waals surface area contributed by atoms with Crippen LogP contribution in [-0.2, 0) is 0 Å². The summed E-state index contributed by atoms with van der Waals surface area (Å²) in [5.74, 6) is 0. The average molecular weight is 238 g/mol. The molecule has 0 spiro atoms. The monoisotopic (exact) mass is 238 g/mol. The van der Waals surface area contributed by atoms with Crippen LogP contribution in [0.3, 0.4) is 0 Å². The minimum atomic E-state index is 0.654. The predicted octanol–water partition coefficient (Wildman–Crippen LogP) is 3.59. The lowest BCUT2D eigenvalue weighted by atomic mass is 10.1. The summed E-state index contributed by atoms with van der Waals surface area (Å²) < 4.78 is 0. The first-order valence-electron chi connectivity index (χ1n) is 5.93. The summed E-state index contributed by atoms with van der Waals surface area (Å²) in [5.41, 5.74) is 5.89. The summed E-state index contributed by atoms with van der Waals surface area (Å²) in [5, 5.41) is 1.17. The molecule has 3 aromatic rings. The summed E-state index contributed by atoms with van der Waals surface area (Å²) in [6.45, 7) is 3.99. The number of para-hydroxylation sites is 1. The Hall–Kier alpha value is -2.29. The van der Waals surface area contributed by atoms with Gasteiger partial charge in [0.15, 0.2) is 6.29 Å². The topological polar surface area (TPSA) is 48.6 Å². The third kappa shape index (κ3) is 1.48. The van der Waals surface area contributed by atoms with Gasteiger partial charge in [-0.05, 0) is 37.1 Å². The fourth-order valence-electron chi connectivity index (χ4n) is 2.31. The van der Waals surface area contributed by atoms with Gasteiger partial charge in [-0.25, -0.2) is 0 Å². The van der Waals surface area contributed by atoms with E-state index in [1.165, 1.54) is 5.39 Å². The van der Waals surface area contributed by atoms with E-state index >= 15 is 0 Å². The van der Waals surface area contributed by atoms with E-state index in [1.54, 1.807) is 0 Å². The lowest BCUT2D eigenvalue weighted by Crippen LogP contribution is -1.82. The number of H-pyrrole nitrogens is 2. The van der Waals surface area contributed by atoms with Gasteiger partial charge in [-0.3, -0.25) is 4.79 Å². The van der Waals surface area contributed by atoms with E-state index in [9.17, 15) is 4.79 Å². The van der Waals surface area contributed by atoms with Gasteiger partial charge in [-0.15, -0.1) is 0 Å². The van der Waals surface area contributed by atoms with Crippen LogP contribution in [0.15, 0.2) is 30.3 Å². The van der Waals surface area contributed by atoms with Gasteiger partial charge in [0.05, 0.1) is 17.1 Å². The summed E-state index contributed by atoms with van der Waals surface area (Å²) in [4.78, 5) is 17.5. The van der Waals surface area contributed by atoms with Crippen LogP contribution in [-0.4, -0.2) is 16.3 Å². The van der Waals surface area contributed by atoms with Gasteiger partial charge in [-0.2, -0.15) is 0 Å². The van der Waals surface area contributed by atoms with Crippen LogP contribution in [0, 0.1) is 13.8 Å². The molecular weight excluding hydrogens is 224 g/mol. The number of carbonyl (C=O) groups is 1. The number of hydrogen-bond acceptors (Lipinski definition) is 1. The average Bonchev–Trinajstić information content (AvgIpc) is 2.92. The number of nitrogens with one attached hydrogen (secondary N) is 2. The highest BCUT2D eigenvalue weighted by molar-refractivity contribution is 5.87. The van der Waals surface area contributed by atoms with Crippen molar-refractivity contribution in [2.24, 2.45) is 0 Å². The van der Waals surface area contributed by atoms with Crippen molar-refractivity contribution in [2.75, 3.05) is 0 Å². The zero-order valence-corrected chi connectivity index (χ0v) is 10.4. The third-order valence-electron chi connectivity index (χ3n) is 3.52. The SMILES string of the molecule is Cc1c(C=O)[nH]c(-c2cc3ccccc3[nH]2)c1C. The van der Waals surface area contributed by atoms with Crippen LogP contribution in [0.1, 0.15) is 21.6 Å². The Morgan fingerprint density at radius 2 is 1.83 bits per heavy atom. The van der Waals surface area contributed by atoms with E-state index < -0.39 is 0 Å². The Labute approximate surface area is 105 Å². The molecule has 3 rings (SSSR count).